The van der Waals surface area contributed by atoms with Crippen molar-refractivity contribution in [2.45, 2.75) is 40.1 Å². The Hall–Kier alpha value is -3.63. The highest BCUT2D eigenvalue weighted by molar-refractivity contribution is 6.00. The zero-order valence-corrected chi connectivity index (χ0v) is 18.5. The molecule has 0 N–H and O–H groups in total. The Kier molecular flexibility index (Phi) is 7.19. The van der Waals surface area contributed by atoms with E-state index in [9.17, 15) is 18.0 Å². The number of hydrogen-bond acceptors (Lipinski definition) is 7. The van der Waals surface area contributed by atoms with E-state index in [4.69, 9.17) is 9.15 Å². The number of halogens is 3. The molecule has 1 unspecified atom stereocenters. The summed E-state index contributed by atoms with van der Waals surface area (Å²) in [6, 6.07) is 7.35. The summed E-state index contributed by atoms with van der Waals surface area (Å²) in [5.74, 6) is 0.0537. The number of carbonyl (C=O) groups is 1. The topological polar surface area (TPSA) is 90.6 Å². The first-order valence-corrected chi connectivity index (χ1v) is 10.1. The highest BCUT2D eigenvalue weighted by atomic mass is 19.4. The van der Waals surface area contributed by atoms with E-state index in [1.54, 1.807) is 24.8 Å². The number of hydrogen-bond donors (Lipinski definition) is 0. The van der Waals surface area contributed by atoms with Crippen molar-refractivity contribution in [2.24, 2.45) is 0 Å². The summed E-state index contributed by atoms with van der Waals surface area (Å²) in [4.78, 5) is 18.8. The van der Waals surface area contributed by atoms with Gasteiger partial charge in [0.2, 0.25) is 17.7 Å². The van der Waals surface area contributed by atoms with Crippen molar-refractivity contribution in [3.8, 4) is 23.1 Å². The number of aromatic nitrogens is 3. The summed E-state index contributed by atoms with van der Waals surface area (Å²) in [5.41, 5.74) is 1.87. The van der Waals surface area contributed by atoms with Crippen molar-refractivity contribution in [2.75, 3.05) is 13.2 Å². The van der Waals surface area contributed by atoms with Gasteiger partial charge in [-0.15, -0.1) is 23.4 Å². The number of alkyl halides is 3. The van der Waals surface area contributed by atoms with Crippen molar-refractivity contribution in [1.82, 2.24) is 20.1 Å². The number of ether oxygens (including phenoxy) is 2. The Morgan fingerprint density at radius 3 is 2.52 bits per heavy atom. The molecule has 0 aliphatic rings. The van der Waals surface area contributed by atoms with Gasteiger partial charge in [-0.2, -0.15) is 0 Å². The minimum Gasteiger partial charge on any atom is -0.475 e. The van der Waals surface area contributed by atoms with Gasteiger partial charge in [-0.25, -0.2) is 4.98 Å². The zero-order valence-electron chi connectivity index (χ0n) is 18.5. The minimum atomic E-state index is -4.80. The van der Waals surface area contributed by atoms with E-state index in [0.29, 0.717) is 23.6 Å². The molecule has 2 heterocycles. The zero-order chi connectivity index (χ0) is 24.2. The normalized spacial score (nSPS) is 12.3. The van der Waals surface area contributed by atoms with Gasteiger partial charge in [0.15, 0.2) is 0 Å². The third kappa shape index (κ3) is 6.21. The fourth-order valence-corrected chi connectivity index (χ4v) is 3.18. The molecule has 0 fully saturated rings. The monoisotopic (exact) mass is 464 g/mol. The third-order valence-corrected chi connectivity index (χ3v) is 4.71. The Morgan fingerprint density at radius 1 is 1.18 bits per heavy atom. The number of amides is 1. The van der Waals surface area contributed by atoms with Crippen LogP contribution in [0.25, 0.3) is 11.5 Å². The predicted octanol–water partition coefficient (Wildman–Crippen LogP) is 4.58. The van der Waals surface area contributed by atoms with E-state index >= 15 is 0 Å². The van der Waals surface area contributed by atoms with Crippen molar-refractivity contribution in [3.63, 3.8) is 0 Å². The number of benzene rings is 1. The van der Waals surface area contributed by atoms with Crippen LogP contribution in [0.1, 0.15) is 35.7 Å². The molecule has 8 nitrogen and oxygen atoms in total. The minimum absolute atomic E-state index is 0.0763. The van der Waals surface area contributed by atoms with Crippen LogP contribution in [0.5, 0.6) is 11.6 Å². The van der Waals surface area contributed by atoms with Gasteiger partial charge in [-0.05, 0) is 39.0 Å². The van der Waals surface area contributed by atoms with Crippen LogP contribution < -0.4 is 9.47 Å². The molecule has 2 aromatic heterocycles. The van der Waals surface area contributed by atoms with E-state index in [1.807, 2.05) is 26.0 Å². The molecule has 0 aliphatic heterocycles. The Balaban J connectivity index is 1.72. The van der Waals surface area contributed by atoms with Crippen LogP contribution in [-0.4, -0.2) is 51.5 Å². The average molecular weight is 464 g/mol. The number of likely N-dealkylation sites (N-methyl/N-ethyl adjacent to an activating group) is 1. The lowest BCUT2D eigenvalue weighted by molar-refractivity contribution is -0.274. The summed E-state index contributed by atoms with van der Waals surface area (Å²) in [6.07, 6.45) is -3.88. The predicted molar refractivity (Wildman–Crippen MR) is 112 cm³/mol. The van der Waals surface area contributed by atoms with Crippen LogP contribution >= 0.6 is 0 Å². The van der Waals surface area contributed by atoms with E-state index in [2.05, 4.69) is 19.9 Å². The second-order valence-electron chi connectivity index (χ2n) is 7.31. The van der Waals surface area contributed by atoms with E-state index in [-0.39, 0.29) is 30.3 Å². The van der Waals surface area contributed by atoms with E-state index < -0.39 is 12.1 Å². The summed E-state index contributed by atoms with van der Waals surface area (Å²) in [7, 11) is 0. The summed E-state index contributed by atoms with van der Waals surface area (Å²) < 4.78 is 51.7. The van der Waals surface area contributed by atoms with Crippen molar-refractivity contribution in [1.29, 1.82) is 0 Å². The molecule has 1 amide bonds. The number of aryl methyl sites for hydroxylation is 2. The Bertz CT molecular complexity index is 1100. The highest BCUT2D eigenvalue weighted by Gasteiger charge is 2.31. The van der Waals surface area contributed by atoms with E-state index in [1.165, 1.54) is 6.07 Å². The van der Waals surface area contributed by atoms with E-state index in [0.717, 1.165) is 17.8 Å². The van der Waals surface area contributed by atoms with Crippen molar-refractivity contribution in [3.05, 3.63) is 53.5 Å². The van der Waals surface area contributed by atoms with Crippen LogP contribution in [-0.2, 0) is 0 Å². The molecular weight excluding hydrogens is 441 g/mol. The third-order valence-electron chi connectivity index (χ3n) is 4.71. The molecule has 11 heteroatoms. The van der Waals surface area contributed by atoms with Gasteiger partial charge >= 0.3 is 6.36 Å². The first-order chi connectivity index (χ1) is 15.6. The molecule has 0 aliphatic carbocycles. The Morgan fingerprint density at radius 2 is 1.94 bits per heavy atom. The average Bonchev–Trinajstić information content (AvgIpc) is 3.18. The fourth-order valence-electron chi connectivity index (χ4n) is 3.18. The second-order valence-corrected chi connectivity index (χ2v) is 7.31. The van der Waals surface area contributed by atoms with Gasteiger partial charge < -0.3 is 18.8 Å². The molecule has 0 radical (unpaired) electrons. The first-order valence-electron chi connectivity index (χ1n) is 10.1. The van der Waals surface area contributed by atoms with Gasteiger partial charge in [0.1, 0.15) is 12.4 Å². The van der Waals surface area contributed by atoms with Crippen molar-refractivity contribution >= 4 is 5.91 Å². The molecule has 0 saturated carbocycles. The molecule has 1 aromatic carbocycles. The molecule has 1 atom stereocenters. The summed E-state index contributed by atoms with van der Waals surface area (Å²) in [5, 5.41) is 7.88. The Labute approximate surface area is 188 Å². The highest BCUT2D eigenvalue weighted by Crippen LogP contribution is 2.26. The molecule has 176 valence electrons. The van der Waals surface area contributed by atoms with Crippen LogP contribution in [0, 0.1) is 13.8 Å². The largest absolute Gasteiger partial charge is 0.573 e. The molecule has 33 heavy (non-hydrogen) atoms. The van der Waals surface area contributed by atoms with Gasteiger partial charge in [-0.1, -0.05) is 11.6 Å². The second kappa shape index (κ2) is 9.88. The first kappa shape index (κ1) is 24.0. The van der Waals surface area contributed by atoms with Gasteiger partial charge in [0.05, 0.1) is 23.4 Å². The summed E-state index contributed by atoms with van der Waals surface area (Å²) >= 11 is 0. The standard InChI is InChI=1S/C22H23F3N4O4/c1-5-29(14(3)12-31-19-9-7-16(11-26-19)33-22(23,24)25)21(30)17-8-6-13(2)10-18(17)20-28-27-15(4)32-20/h6-11,14H,5,12H2,1-4H3. The smallest absolute Gasteiger partial charge is 0.475 e. The van der Waals surface area contributed by atoms with Crippen LogP contribution in [0.4, 0.5) is 13.2 Å². The SMILES string of the molecule is CCN(C(=O)c1ccc(C)cc1-c1nnc(C)o1)C(C)COc1ccc(OC(F)(F)F)cn1. The molecule has 0 saturated heterocycles. The van der Waals surface area contributed by atoms with Gasteiger partial charge in [0.25, 0.3) is 5.91 Å². The fraction of sp³-hybridized carbons (Fsp3) is 0.364. The number of pyridine rings is 1. The van der Waals surface area contributed by atoms with Crippen LogP contribution in [0.2, 0.25) is 0 Å². The molecule has 0 spiro atoms. The number of nitrogens with zero attached hydrogens (tertiary/aromatic N) is 4. The maximum Gasteiger partial charge on any atom is 0.573 e. The molecule has 3 aromatic rings. The maximum absolute atomic E-state index is 13.4. The van der Waals surface area contributed by atoms with Gasteiger partial charge in [-0.3, -0.25) is 4.79 Å². The maximum atomic E-state index is 13.4. The molecule has 3 rings (SSSR count). The lowest BCUT2D eigenvalue weighted by atomic mass is 10.0. The molecular formula is C22H23F3N4O4. The lowest BCUT2D eigenvalue weighted by Gasteiger charge is -2.28. The van der Waals surface area contributed by atoms with Crippen molar-refractivity contribution < 1.29 is 31.9 Å². The quantitative estimate of drug-likeness (QED) is 0.482. The van der Waals surface area contributed by atoms with Crippen LogP contribution in [0.3, 0.4) is 0 Å². The van der Waals surface area contributed by atoms with Crippen LogP contribution in [0.15, 0.2) is 40.9 Å². The lowest BCUT2D eigenvalue weighted by Crippen LogP contribution is -2.42. The summed E-state index contributed by atoms with van der Waals surface area (Å²) in [6.45, 7) is 7.67. The molecule has 0 bridgehead atoms. The number of carbonyl (C=O) groups excluding carboxylic acids is 1. The van der Waals surface area contributed by atoms with Gasteiger partial charge in [0, 0.05) is 19.5 Å². The number of rotatable bonds is 8.